The minimum absolute atomic E-state index is 0.211. The zero-order valence-corrected chi connectivity index (χ0v) is 20.8. The maximum atomic E-state index is 11.8. The lowest BCUT2D eigenvalue weighted by molar-refractivity contribution is -0.0356. The molecule has 2 N–H and O–H groups in total. The summed E-state index contributed by atoms with van der Waals surface area (Å²) >= 11 is 0. The van der Waals surface area contributed by atoms with Gasteiger partial charge in [-0.25, -0.2) is 14.8 Å². The van der Waals surface area contributed by atoms with Gasteiger partial charge in [0, 0.05) is 36.4 Å². The zero-order chi connectivity index (χ0) is 24.1. The Balaban J connectivity index is 0.00000133. The van der Waals surface area contributed by atoms with Gasteiger partial charge < -0.3 is 25.0 Å². The molecule has 1 saturated carbocycles. The van der Waals surface area contributed by atoms with E-state index in [0.717, 1.165) is 53.8 Å². The summed E-state index contributed by atoms with van der Waals surface area (Å²) in [5, 5.41) is 5.57. The highest BCUT2D eigenvalue weighted by molar-refractivity contribution is 5.89. The van der Waals surface area contributed by atoms with Crippen molar-refractivity contribution in [3.8, 4) is 11.4 Å². The number of nitrogens with zero attached hydrogens (tertiary/aromatic N) is 3. The Morgan fingerprint density at radius 1 is 1.15 bits per heavy atom. The quantitative estimate of drug-likeness (QED) is 0.641. The number of nitrogens with one attached hydrogen (secondary N) is 2. The number of amides is 2. The molecule has 5 rings (SSSR count). The van der Waals surface area contributed by atoms with Crippen LogP contribution in [-0.2, 0) is 21.7 Å². The van der Waals surface area contributed by atoms with E-state index in [9.17, 15) is 4.79 Å². The first-order valence-corrected chi connectivity index (χ1v) is 12.6. The van der Waals surface area contributed by atoms with Crippen LogP contribution in [0.1, 0.15) is 58.2 Å². The van der Waals surface area contributed by atoms with Gasteiger partial charge in [0.2, 0.25) is 0 Å². The number of urea groups is 1. The molecule has 8 nitrogen and oxygen atoms in total. The molecular formula is C26H37N5O3. The van der Waals surface area contributed by atoms with E-state index in [0.29, 0.717) is 32.2 Å². The topological polar surface area (TPSA) is 88.6 Å². The van der Waals surface area contributed by atoms with Gasteiger partial charge in [-0.1, -0.05) is 26.7 Å². The third-order valence-electron chi connectivity index (χ3n) is 6.45. The Bertz CT molecular complexity index is 987. The van der Waals surface area contributed by atoms with Crippen LogP contribution < -0.4 is 15.5 Å². The van der Waals surface area contributed by atoms with Crippen LogP contribution in [-0.4, -0.2) is 48.8 Å². The Kier molecular flexibility index (Phi) is 7.68. The first kappa shape index (κ1) is 24.4. The fourth-order valence-corrected chi connectivity index (χ4v) is 4.57. The number of carbonyl (C=O) groups is 1. The highest BCUT2D eigenvalue weighted by Gasteiger charge is 2.44. The minimum Gasteiger partial charge on any atom is -0.378 e. The lowest BCUT2D eigenvalue weighted by atomic mass is 9.93. The molecule has 8 heteroatoms. The van der Waals surface area contributed by atoms with Gasteiger partial charge in [0.05, 0.1) is 25.5 Å². The first-order chi connectivity index (χ1) is 16.6. The van der Waals surface area contributed by atoms with Crippen LogP contribution in [0.3, 0.4) is 0 Å². The number of hydrogen-bond donors (Lipinski definition) is 2. The second kappa shape index (κ2) is 10.7. The number of anilines is 2. The summed E-state index contributed by atoms with van der Waals surface area (Å²) in [4.78, 5) is 24.1. The van der Waals surface area contributed by atoms with Crippen molar-refractivity contribution in [1.29, 1.82) is 0 Å². The highest BCUT2D eigenvalue weighted by atomic mass is 16.5. The van der Waals surface area contributed by atoms with Crippen LogP contribution in [0.25, 0.3) is 11.4 Å². The molecule has 1 unspecified atom stereocenters. The van der Waals surface area contributed by atoms with Crippen LogP contribution in [0.4, 0.5) is 16.3 Å². The molecule has 2 amide bonds. The number of aromatic nitrogens is 2. The van der Waals surface area contributed by atoms with Crippen LogP contribution >= 0.6 is 0 Å². The van der Waals surface area contributed by atoms with E-state index in [4.69, 9.17) is 19.4 Å². The summed E-state index contributed by atoms with van der Waals surface area (Å²) < 4.78 is 11.9. The molecule has 2 aromatic rings. The molecule has 3 aliphatic rings. The van der Waals surface area contributed by atoms with Crippen molar-refractivity contribution in [3.05, 3.63) is 35.5 Å². The molecule has 0 bridgehead atoms. The van der Waals surface area contributed by atoms with Gasteiger partial charge in [0.25, 0.3) is 0 Å². The number of rotatable bonds is 6. The van der Waals surface area contributed by atoms with Gasteiger partial charge in [0.1, 0.15) is 11.4 Å². The Hall–Kier alpha value is -2.71. The molecule has 34 heavy (non-hydrogen) atoms. The van der Waals surface area contributed by atoms with Gasteiger partial charge in [0.15, 0.2) is 5.82 Å². The van der Waals surface area contributed by atoms with Crippen molar-refractivity contribution >= 4 is 17.5 Å². The Labute approximate surface area is 202 Å². The average Bonchev–Trinajstić information content (AvgIpc) is 3.62. The van der Waals surface area contributed by atoms with Crippen LogP contribution in [0.2, 0.25) is 0 Å². The number of ether oxygens (including phenoxy) is 2. The predicted octanol–water partition coefficient (Wildman–Crippen LogP) is 4.69. The third-order valence-corrected chi connectivity index (χ3v) is 6.45. The molecule has 1 atom stereocenters. The summed E-state index contributed by atoms with van der Waals surface area (Å²) in [5.74, 6) is 2.40. The smallest absolute Gasteiger partial charge is 0.319 e. The normalized spacial score (nSPS) is 21.4. The third kappa shape index (κ3) is 5.33. The fourth-order valence-electron chi connectivity index (χ4n) is 4.57. The lowest BCUT2D eigenvalue weighted by Gasteiger charge is -2.30. The standard InChI is InChI=1S/C24H31N5O3.C2H6/c1-3-25-23(30)26-18-8-6-17(7-9-18)21-27-20-19(15-32-24(20,2)14-16-4-5-16)22(28-21)29-10-12-31-13-11-29;1-2/h6-9,16H,3-5,10-15H2,1-2H3,(H2,25,26,30);1-2H3. The molecule has 0 spiro atoms. The van der Waals surface area contributed by atoms with Gasteiger partial charge in [-0.2, -0.15) is 0 Å². The second-order valence-corrected chi connectivity index (χ2v) is 9.03. The Morgan fingerprint density at radius 3 is 2.50 bits per heavy atom. The van der Waals surface area contributed by atoms with E-state index in [2.05, 4.69) is 22.5 Å². The highest BCUT2D eigenvalue weighted by Crippen LogP contribution is 2.48. The minimum atomic E-state index is -0.366. The van der Waals surface area contributed by atoms with Crippen molar-refractivity contribution in [2.75, 3.05) is 43.1 Å². The molecule has 184 valence electrons. The first-order valence-electron chi connectivity index (χ1n) is 12.6. The SMILES string of the molecule is CC.CCNC(=O)Nc1ccc(-c2nc(N3CCOCC3)c3c(n2)C(C)(CC2CC2)OC3)cc1. The van der Waals surface area contributed by atoms with E-state index in [1.54, 1.807) is 0 Å². The summed E-state index contributed by atoms with van der Waals surface area (Å²) in [6.45, 7) is 12.2. The van der Waals surface area contributed by atoms with E-state index >= 15 is 0 Å². The average molecular weight is 468 g/mol. The van der Waals surface area contributed by atoms with E-state index < -0.39 is 0 Å². The summed E-state index contributed by atoms with van der Waals surface area (Å²) in [6.07, 6.45) is 3.57. The predicted molar refractivity (Wildman–Crippen MR) is 134 cm³/mol. The number of fused-ring (bicyclic) bond motifs is 1. The molecule has 1 saturated heterocycles. The Morgan fingerprint density at radius 2 is 1.85 bits per heavy atom. The molecule has 2 fully saturated rings. The summed E-state index contributed by atoms with van der Waals surface area (Å²) in [6, 6.07) is 7.47. The van der Waals surface area contributed by atoms with Crippen molar-refractivity contribution in [2.24, 2.45) is 5.92 Å². The molecule has 1 aliphatic carbocycles. The van der Waals surface area contributed by atoms with Crippen LogP contribution in [0.15, 0.2) is 24.3 Å². The van der Waals surface area contributed by atoms with Crippen molar-refractivity contribution < 1.29 is 14.3 Å². The fraction of sp³-hybridized carbons (Fsp3) is 0.577. The van der Waals surface area contributed by atoms with Crippen molar-refractivity contribution in [1.82, 2.24) is 15.3 Å². The van der Waals surface area contributed by atoms with Gasteiger partial charge >= 0.3 is 6.03 Å². The largest absolute Gasteiger partial charge is 0.378 e. The van der Waals surface area contributed by atoms with Crippen molar-refractivity contribution in [3.63, 3.8) is 0 Å². The summed E-state index contributed by atoms with van der Waals surface area (Å²) in [7, 11) is 0. The molecule has 1 aromatic carbocycles. The monoisotopic (exact) mass is 467 g/mol. The molecule has 1 aromatic heterocycles. The molecule has 0 radical (unpaired) electrons. The van der Waals surface area contributed by atoms with E-state index in [1.165, 1.54) is 12.8 Å². The van der Waals surface area contributed by atoms with Gasteiger partial charge in [-0.05, 0) is 50.5 Å². The lowest BCUT2D eigenvalue weighted by Crippen LogP contribution is -2.37. The number of hydrogen-bond acceptors (Lipinski definition) is 6. The number of carbonyl (C=O) groups excluding carboxylic acids is 1. The van der Waals surface area contributed by atoms with Gasteiger partial charge in [-0.15, -0.1) is 0 Å². The van der Waals surface area contributed by atoms with Gasteiger partial charge in [-0.3, -0.25) is 0 Å². The van der Waals surface area contributed by atoms with E-state index in [-0.39, 0.29) is 11.6 Å². The number of morpholine rings is 1. The second-order valence-electron chi connectivity index (χ2n) is 9.03. The molecule has 2 aliphatic heterocycles. The maximum Gasteiger partial charge on any atom is 0.319 e. The zero-order valence-electron chi connectivity index (χ0n) is 20.8. The summed E-state index contributed by atoms with van der Waals surface area (Å²) in [5.41, 5.74) is 3.43. The van der Waals surface area contributed by atoms with Crippen LogP contribution in [0.5, 0.6) is 0 Å². The number of benzene rings is 1. The van der Waals surface area contributed by atoms with Crippen molar-refractivity contribution in [2.45, 2.75) is 59.2 Å². The maximum absolute atomic E-state index is 11.8. The molecular weight excluding hydrogens is 430 g/mol. The van der Waals surface area contributed by atoms with E-state index in [1.807, 2.05) is 45.0 Å². The van der Waals surface area contributed by atoms with Crippen LogP contribution in [0, 0.1) is 5.92 Å². The molecule has 3 heterocycles.